The topological polar surface area (TPSA) is 50.6 Å². The molecule has 4 heteroatoms. The van der Waals surface area contributed by atoms with Crippen molar-refractivity contribution in [2.75, 3.05) is 45.1 Å². The van der Waals surface area contributed by atoms with Gasteiger partial charge in [-0.15, -0.1) is 0 Å². The molecule has 0 spiro atoms. The van der Waals surface area contributed by atoms with Gasteiger partial charge in [0, 0.05) is 11.3 Å². The first-order chi connectivity index (χ1) is 10.1. The third-order valence-electron chi connectivity index (χ3n) is 4.67. The van der Waals surface area contributed by atoms with Gasteiger partial charge in [0.15, 0.2) is 5.76 Å². The van der Waals surface area contributed by atoms with Gasteiger partial charge in [0.1, 0.15) is 6.61 Å². The van der Waals surface area contributed by atoms with Gasteiger partial charge < -0.3 is 20.3 Å². The molecule has 116 valence electrons. The van der Waals surface area contributed by atoms with Crippen molar-refractivity contribution in [3.63, 3.8) is 0 Å². The lowest BCUT2D eigenvalue weighted by Gasteiger charge is -2.36. The minimum atomic E-state index is 0.738. The zero-order valence-corrected chi connectivity index (χ0v) is 13.5. The largest absolute Gasteiger partial charge is 0.484 e. The van der Waals surface area contributed by atoms with Gasteiger partial charge in [-0.25, -0.2) is 0 Å². The molecule has 0 radical (unpaired) electrons. The molecule has 2 rings (SSSR count). The molecule has 1 fully saturated rings. The van der Waals surface area contributed by atoms with Gasteiger partial charge in [-0.05, 0) is 32.9 Å². The molecule has 0 aliphatic carbocycles. The standard InChI is InChI=1S/C17H28N3O/c1-4-20(5-2,6-3)12-11-19-17(16-13-21-16)14-7-9-15(18)10-8-14/h7-10,19H,4-6,11-13,18H2,1-3H3/q+1. The Hall–Kier alpha value is -1.68. The van der Waals surface area contributed by atoms with Gasteiger partial charge in [-0.3, -0.25) is 0 Å². The molecule has 1 heterocycles. The fourth-order valence-corrected chi connectivity index (χ4v) is 2.76. The summed E-state index contributed by atoms with van der Waals surface area (Å²) in [6, 6.07) is 7.97. The smallest absolute Gasteiger partial charge is 0.158 e. The number of benzene rings is 1. The molecule has 0 atom stereocenters. The summed E-state index contributed by atoms with van der Waals surface area (Å²) in [4.78, 5) is 0. The van der Waals surface area contributed by atoms with E-state index in [0.717, 1.165) is 46.9 Å². The number of nitrogens with zero attached hydrogens (tertiary/aromatic N) is 1. The molecule has 1 aromatic carbocycles. The Labute approximate surface area is 128 Å². The average Bonchev–Trinajstić information content (AvgIpc) is 3.34. The van der Waals surface area contributed by atoms with E-state index in [1.807, 2.05) is 24.3 Å². The van der Waals surface area contributed by atoms with E-state index in [-0.39, 0.29) is 0 Å². The monoisotopic (exact) mass is 290 g/mol. The third kappa shape index (κ3) is 3.91. The number of hydrogen-bond donors (Lipinski definition) is 2. The van der Waals surface area contributed by atoms with Crippen LogP contribution in [0.1, 0.15) is 26.3 Å². The minimum absolute atomic E-state index is 0.738. The molecule has 0 bridgehead atoms. The maximum Gasteiger partial charge on any atom is 0.158 e. The lowest BCUT2D eigenvalue weighted by atomic mass is 10.1. The van der Waals surface area contributed by atoms with Crippen LogP contribution in [-0.2, 0) is 4.74 Å². The van der Waals surface area contributed by atoms with Crippen molar-refractivity contribution in [3.05, 3.63) is 35.6 Å². The predicted octanol–water partition coefficient (Wildman–Crippen LogP) is 2.43. The van der Waals surface area contributed by atoms with Crippen molar-refractivity contribution in [2.24, 2.45) is 0 Å². The first-order valence-corrected chi connectivity index (χ1v) is 7.95. The molecule has 0 saturated carbocycles. The van der Waals surface area contributed by atoms with E-state index in [4.69, 9.17) is 10.5 Å². The van der Waals surface area contributed by atoms with E-state index in [1.165, 1.54) is 19.6 Å². The van der Waals surface area contributed by atoms with Crippen LogP contribution in [0.2, 0.25) is 0 Å². The first-order valence-electron chi connectivity index (χ1n) is 7.95. The Balaban J connectivity index is 2.00. The number of anilines is 1. The molecule has 4 nitrogen and oxygen atoms in total. The van der Waals surface area contributed by atoms with Crippen LogP contribution in [0.3, 0.4) is 0 Å². The molecule has 1 aromatic rings. The van der Waals surface area contributed by atoms with Crippen LogP contribution in [-0.4, -0.2) is 43.8 Å². The Kier molecular flexibility index (Phi) is 5.12. The second-order valence-electron chi connectivity index (χ2n) is 5.65. The van der Waals surface area contributed by atoms with Gasteiger partial charge in [0.05, 0.1) is 38.4 Å². The highest BCUT2D eigenvalue weighted by molar-refractivity contribution is 5.69. The highest BCUT2D eigenvalue weighted by Gasteiger charge is 2.24. The summed E-state index contributed by atoms with van der Waals surface area (Å²) in [5.74, 6) is 1.06. The molecule has 1 aliphatic rings. The third-order valence-corrected chi connectivity index (χ3v) is 4.67. The van der Waals surface area contributed by atoms with E-state index < -0.39 is 0 Å². The summed E-state index contributed by atoms with van der Waals surface area (Å²) in [6.07, 6.45) is 0. The van der Waals surface area contributed by atoms with Crippen LogP contribution in [0.5, 0.6) is 0 Å². The maximum atomic E-state index is 5.76. The van der Waals surface area contributed by atoms with Crippen LogP contribution >= 0.6 is 0 Å². The Morgan fingerprint density at radius 1 is 1.14 bits per heavy atom. The number of quaternary nitrogens is 1. The van der Waals surface area contributed by atoms with Gasteiger partial charge in [-0.1, -0.05) is 12.1 Å². The van der Waals surface area contributed by atoms with Crippen molar-refractivity contribution in [3.8, 4) is 0 Å². The molecular formula is C17H28N3O+. The van der Waals surface area contributed by atoms with Crippen molar-refractivity contribution in [1.82, 2.24) is 5.32 Å². The molecule has 21 heavy (non-hydrogen) atoms. The Morgan fingerprint density at radius 3 is 2.19 bits per heavy atom. The maximum absolute atomic E-state index is 5.76. The molecule has 3 N–H and O–H groups in total. The highest BCUT2D eigenvalue weighted by Crippen LogP contribution is 2.26. The summed E-state index contributed by atoms with van der Waals surface area (Å²) < 4.78 is 6.55. The van der Waals surface area contributed by atoms with Crippen LogP contribution < -0.4 is 11.1 Å². The van der Waals surface area contributed by atoms with E-state index in [1.54, 1.807) is 0 Å². The SMILES string of the molecule is CC[N+](CC)(CC)CCNC(=C1CO1)c1ccc(N)cc1. The Morgan fingerprint density at radius 2 is 1.71 bits per heavy atom. The molecular weight excluding hydrogens is 262 g/mol. The van der Waals surface area contributed by atoms with Gasteiger partial charge in [-0.2, -0.15) is 0 Å². The fraction of sp³-hybridized carbons (Fsp3) is 0.529. The van der Waals surface area contributed by atoms with E-state index >= 15 is 0 Å². The number of nitrogens with two attached hydrogens (primary N) is 1. The van der Waals surface area contributed by atoms with Crippen molar-refractivity contribution in [1.29, 1.82) is 0 Å². The lowest BCUT2D eigenvalue weighted by Crippen LogP contribution is -2.50. The van der Waals surface area contributed by atoms with Crippen LogP contribution in [0, 0.1) is 0 Å². The summed E-state index contributed by atoms with van der Waals surface area (Å²) in [6.45, 7) is 13.2. The second-order valence-corrected chi connectivity index (χ2v) is 5.65. The highest BCUT2D eigenvalue weighted by atomic mass is 16.6. The molecule has 1 saturated heterocycles. The Bertz CT molecular complexity index is 475. The van der Waals surface area contributed by atoms with Crippen LogP contribution in [0.4, 0.5) is 5.69 Å². The van der Waals surface area contributed by atoms with Crippen molar-refractivity contribution in [2.45, 2.75) is 20.8 Å². The number of ether oxygens (including phenoxy) is 1. The average molecular weight is 290 g/mol. The van der Waals surface area contributed by atoms with E-state index in [9.17, 15) is 0 Å². The van der Waals surface area contributed by atoms with Gasteiger partial charge in [0.2, 0.25) is 0 Å². The number of hydrogen-bond acceptors (Lipinski definition) is 3. The van der Waals surface area contributed by atoms with E-state index in [0.29, 0.717) is 0 Å². The van der Waals surface area contributed by atoms with Crippen LogP contribution in [0.15, 0.2) is 30.0 Å². The summed E-state index contributed by atoms with van der Waals surface area (Å²) in [7, 11) is 0. The molecule has 1 aliphatic heterocycles. The quantitative estimate of drug-likeness (QED) is 0.439. The molecule has 0 unspecified atom stereocenters. The van der Waals surface area contributed by atoms with Crippen molar-refractivity contribution < 1.29 is 9.22 Å². The number of likely N-dealkylation sites (N-methyl/N-ethyl adjacent to an activating group) is 1. The summed E-state index contributed by atoms with van der Waals surface area (Å²) >= 11 is 0. The second kappa shape index (κ2) is 6.85. The number of nitrogen functional groups attached to an aromatic ring is 1. The summed E-state index contributed by atoms with van der Waals surface area (Å²) in [5.41, 5.74) is 8.82. The number of rotatable bonds is 8. The van der Waals surface area contributed by atoms with E-state index in [2.05, 4.69) is 26.1 Å². The zero-order valence-electron chi connectivity index (χ0n) is 13.5. The van der Waals surface area contributed by atoms with Gasteiger partial charge in [0.25, 0.3) is 0 Å². The van der Waals surface area contributed by atoms with Crippen molar-refractivity contribution >= 4 is 11.4 Å². The summed E-state index contributed by atoms with van der Waals surface area (Å²) in [5, 5.41) is 3.57. The normalized spacial score (nSPS) is 16.3. The zero-order chi connectivity index (χ0) is 15.3. The first kappa shape index (κ1) is 15.7. The lowest BCUT2D eigenvalue weighted by molar-refractivity contribution is -0.922. The van der Waals surface area contributed by atoms with Gasteiger partial charge >= 0.3 is 0 Å². The molecule has 0 amide bonds. The fourth-order valence-electron chi connectivity index (χ4n) is 2.76. The van der Waals surface area contributed by atoms with Crippen LogP contribution in [0.25, 0.3) is 5.70 Å². The predicted molar refractivity (Wildman–Crippen MR) is 88.5 cm³/mol. The number of nitrogens with one attached hydrogen (secondary N) is 1. The molecule has 0 aromatic heterocycles. The number of epoxide rings is 1. The minimum Gasteiger partial charge on any atom is -0.484 e.